The predicted molar refractivity (Wildman–Crippen MR) is 62.4 cm³/mol. The Kier molecular flexibility index (Phi) is 3.23. The van der Waals surface area contributed by atoms with Crippen molar-refractivity contribution in [2.24, 2.45) is 0 Å². The molecule has 0 aromatic rings. The summed E-state index contributed by atoms with van der Waals surface area (Å²) in [5, 5.41) is 7.35. The van der Waals surface area contributed by atoms with Gasteiger partial charge >= 0.3 is 0 Å². The first-order valence-corrected chi connectivity index (χ1v) is 5.91. The van der Waals surface area contributed by atoms with Crippen LogP contribution in [0.2, 0.25) is 0 Å². The largest absolute Gasteiger partial charge is 0.361 e. The summed E-state index contributed by atoms with van der Waals surface area (Å²) in [4.78, 5) is 2.41. The zero-order valence-corrected chi connectivity index (χ0v) is 9.57. The van der Waals surface area contributed by atoms with Gasteiger partial charge < -0.3 is 15.5 Å². The summed E-state index contributed by atoms with van der Waals surface area (Å²) in [5.74, 6) is 0. The van der Waals surface area contributed by atoms with Gasteiger partial charge in [0, 0.05) is 25.2 Å². The molecule has 2 N–H and O–H groups in total. The van der Waals surface area contributed by atoms with Gasteiger partial charge in [-0.3, -0.25) is 0 Å². The highest BCUT2D eigenvalue weighted by Gasteiger charge is 2.25. The van der Waals surface area contributed by atoms with E-state index in [1.165, 1.54) is 25.7 Å². The van der Waals surface area contributed by atoms with Crippen LogP contribution >= 0.6 is 12.2 Å². The van der Waals surface area contributed by atoms with E-state index in [2.05, 4.69) is 22.6 Å². The van der Waals surface area contributed by atoms with E-state index >= 15 is 0 Å². The summed E-state index contributed by atoms with van der Waals surface area (Å²) in [6, 6.07) is 1.51. The first-order valence-electron chi connectivity index (χ1n) is 5.50. The minimum absolute atomic E-state index is 0.663. The van der Waals surface area contributed by atoms with Gasteiger partial charge in [0.25, 0.3) is 0 Å². The molecule has 2 rings (SSSR count). The van der Waals surface area contributed by atoms with Crippen molar-refractivity contribution in [2.45, 2.75) is 37.8 Å². The second kappa shape index (κ2) is 4.45. The van der Waals surface area contributed by atoms with Crippen molar-refractivity contribution in [3.63, 3.8) is 0 Å². The molecule has 3 nitrogen and oxygen atoms in total. The summed E-state index contributed by atoms with van der Waals surface area (Å²) >= 11 is 5.16. The molecule has 2 saturated carbocycles. The average Bonchev–Trinajstić information content (AvgIpc) is 2.99. The summed E-state index contributed by atoms with van der Waals surface area (Å²) in [6.07, 6.45) is 5.32. The second-order valence-electron chi connectivity index (χ2n) is 4.39. The normalized spacial score (nSPS) is 21.0. The first-order chi connectivity index (χ1) is 6.75. The number of likely N-dealkylation sites (N-methyl/N-ethyl adjacent to an activating group) is 1. The van der Waals surface area contributed by atoms with E-state index in [0.29, 0.717) is 6.04 Å². The average molecular weight is 213 g/mol. The van der Waals surface area contributed by atoms with Gasteiger partial charge in [-0.25, -0.2) is 0 Å². The summed E-state index contributed by atoms with van der Waals surface area (Å²) in [7, 11) is 2.19. The number of hydrogen-bond acceptors (Lipinski definition) is 2. The van der Waals surface area contributed by atoms with E-state index in [9.17, 15) is 0 Å². The fraction of sp³-hybridized carbons (Fsp3) is 0.900. The van der Waals surface area contributed by atoms with Gasteiger partial charge in [0.05, 0.1) is 0 Å². The molecule has 14 heavy (non-hydrogen) atoms. The molecule has 0 bridgehead atoms. The Hall–Kier alpha value is -0.350. The Morgan fingerprint density at radius 3 is 2.64 bits per heavy atom. The van der Waals surface area contributed by atoms with E-state index in [1.54, 1.807) is 0 Å². The van der Waals surface area contributed by atoms with Crippen molar-refractivity contribution in [1.82, 2.24) is 15.5 Å². The second-order valence-corrected chi connectivity index (χ2v) is 4.79. The number of rotatable bonds is 5. The maximum Gasteiger partial charge on any atom is 0.166 e. The quantitative estimate of drug-likeness (QED) is 0.658. The van der Waals surface area contributed by atoms with Crippen LogP contribution in [0.5, 0.6) is 0 Å². The van der Waals surface area contributed by atoms with Gasteiger partial charge in [-0.1, -0.05) is 0 Å². The minimum atomic E-state index is 0.663. The third-order valence-electron chi connectivity index (χ3n) is 2.83. The fourth-order valence-electron chi connectivity index (χ4n) is 1.51. The van der Waals surface area contributed by atoms with Crippen molar-refractivity contribution >= 4 is 17.3 Å². The molecule has 0 saturated heterocycles. The van der Waals surface area contributed by atoms with Gasteiger partial charge in [-0.15, -0.1) is 0 Å². The Balaban J connectivity index is 1.50. The van der Waals surface area contributed by atoms with Crippen LogP contribution in [-0.2, 0) is 0 Å². The first kappa shape index (κ1) is 10.2. The van der Waals surface area contributed by atoms with E-state index in [4.69, 9.17) is 12.2 Å². The van der Waals surface area contributed by atoms with Crippen molar-refractivity contribution < 1.29 is 0 Å². The maximum atomic E-state index is 5.16. The molecular formula is C10H19N3S. The zero-order chi connectivity index (χ0) is 9.97. The third-order valence-corrected chi connectivity index (χ3v) is 3.10. The molecule has 0 heterocycles. The highest BCUT2D eigenvalue weighted by atomic mass is 32.1. The van der Waals surface area contributed by atoms with E-state index < -0.39 is 0 Å². The lowest BCUT2D eigenvalue weighted by Crippen LogP contribution is -2.40. The van der Waals surface area contributed by atoms with Gasteiger partial charge in [0.1, 0.15) is 0 Å². The molecule has 0 radical (unpaired) electrons. The van der Waals surface area contributed by atoms with Crippen LogP contribution in [-0.4, -0.2) is 42.2 Å². The lowest BCUT2D eigenvalue weighted by atomic mass is 10.5. The summed E-state index contributed by atoms with van der Waals surface area (Å²) < 4.78 is 0. The lowest BCUT2D eigenvalue weighted by Gasteiger charge is -2.16. The summed E-state index contributed by atoms with van der Waals surface area (Å²) in [5.41, 5.74) is 0. The van der Waals surface area contributed by atoms with Crippen LogP contribution < -0.4 is 10.6 Å². The number of nitrogens with one attached hydrogen (secondary N) is 2. The zero-order valence-electron chi connectivity index (χ0n) is 8.75. The highest BCUT2D eigenvalue weighted by Crippen LogP contribution is 2.24. The highest BCUT2D eigenvalue weighted by molar-refractivity contribution is 7.80. The number of hydrogen-bond donors (Lipinski definition) is 2. The van der Waals surface area contributed by atoms with E-state index in [1.807, 2.05) is 0 Å². The molecule has 2 aliphatic rings. The SMILES string of the molecule is CN(CCNC(=S)NC1CC1)C1CC1. The van der Waals surface area contributed by atoms with Crippen LogP contribution in [0.25, 0.3) is 0 Å². The van der Waals surface area contributed by atoms with Gasteiger partial charge in [-0.2, -0.15) is 0 Å². The maximum absolute atomic E-state index is 5.16. The Bertz CT molecular complexity index is 211. The molecule has 0 spiro atoms. The Morgan fingerprint density at radius 1 is 1.36 bits per heavy atom. The molecule has 0 atom stereocenters. The van der Waals surface area contributed by atoms with E-state index in [-0.39, 0.29) is 0 Å². The standard InChI is InChI=1S/C10H19N3S/c1-13(9-4-5-9)7-6-11-10(14)12-8-2-3-8/h8-9H,2-7H2,1H3,(H2,11,12,14). The Labute approximate surface area is 91.2 Å². The molecule has 0 aromatic heterocycles. The Morgan fingerprint density at radius 2 is 2.07 bits per heavy atom. The molecule has 0 unspecified atom stereocenters. The van der Waals surface area contributed by atoms with Gasteiger partial charge in [0.2, 0.25) is 0 Å². The van der Waals surface area contributed by atoms with Crippen molar-refractivity contribution in [3.05, 3.63) is 0 Å². The third kappa shape index (κ3) is 3.42. The van der Waals surface area contributed by atoms with Crippen LogP contribution in [0.4, 0.5) is 0 Å². The predicted octanol–water partition coefficient (Wildman–Crippen LogP) is 0.707. The van der Waals surface area contributed by atoms with Crippen LogP contribution in [0.15, 0.2) is 0 Å². The topological polar surface area (TPSA) is 27.3 Å². The summed E-state index contributed by atoms with van der Waals surface area (Å²) in [6.45, 7) is 2.06. The van der Waals surface area contributed by atoms with Crippen LogP contribution in [0.3, 0.4) is 0 Å². The molecule has 80 valence electrons. The molecule has 4 heteroatoms. The minimum Gasteiger partial charge on any atom is -0.361 e. The van der Waals surface area contributed by atoms with Gasteiger partial charge in [0.15, 0.2) is 5.11 Å². The molecule has 2 aliphatic carbocycles. The van der Waals surface area contributed by atoms with Crippen molar-refractivity contribution in [1.29, 1.82) is 0 Å². The fourth-order valence-corrected chi connectivity index (χ4v) is 1.78. The van der Waals surface area contributed by atoms with Crippen LogP contribution in [0.1, 0.15) is 25.7 Å². The van der Waals surface area contributed by atoms with Gasteiger partial charge in [-0.05, 0) is 44.9 Å². The van der Waals surface area contributed by atoms with E-state index in [0.717, 1.165) is 24.2 Å². The molecule has 0 aromatic carbocycles. The smallest absolute Gasteiger partial charge is 0.166 e. The van der Waals surface area contributed by atoms with Crippen molar-refractivity contribution in [2.75, 3.05) is 20.1 Å². The van der Waals surface area contributed by atoms with Crippen LogP contribution in [0, 0.1) is 0 Å². The molecule has 0 amide bonds. The number of thiocarbonyl (C=S) groups is 1. The molecule has 0 aliphatic heterocycles. The van der Waals surface area contributed by atoms with Crippen molar-refractivity contribution in [3.8, 4) is 0 Å². The number of nitrogens with zero attached hydrogens (tertiary/aromatic N) is 1. The lowest BCUT2D eigenvalue weighted by molar-refractivity contribution is 0.329. The molecule has 2 fully saturated rings. The monoisotopic (exact) mass is 213 g/mol. The molecular weight excluding hydrogens is 194 g/mol.